The second kappa shape index (κ2) is 6.89. The van der Waals surface area contributed by atoms with Gasteiger partial charge in [-0.15, -0.1) is 0 Å². The van der Waals surface area contributed by atoms with E-state index in [0.29, 0.717) is 12.3 Å². The molecule has 78 valence electrons. The molecule has 0 radical (unpaired) electrons. The van der Waals surface area contributed by atoms with E-state index in [-0.39, 0.29) is 5.91 Å². The monoisotopic (exact) mass is 187 g/mol. The lowest BCUT2D eigenvalue weighted by atomic mass is 10.0. The highest BCUT2D eigenvalue weighted by atomic mass is 16.7. The van der Waals surface area contributed by atoms with Crippen LogP contribution in [0.25, 0.3) is 0 Å². The molecule has 3 heteroatoms. The molecular weight excluding hydrogens is 166 g/mol. The van der Waals surface area contributed by atoms with Gasteiger partial charge in [-0.05, 0) is 5.92 Å². The van der Waals surface area contributed by atoms with Crippen molar-refractivity contribution >= 4 is 5.91 Å². The van der Waals surface area contributed by atoms with Crippen LogP contribution in [0.2, 0.25) is 0 Å². The molecule has 0 aromatic rings. The maximum absolute atomic E-state index is 11.3. The highest BCUT2D eigenvalue weighted by Gasteiger charge is 2.12. The van der Waals surface area contributed by atoms with Crippen LogP contribution in [0.1, 0.15) is 39.5 Å². The van der Waals surface area contributed by atoms with Gasteiger partial charge in [0.2, 0.25) is 5.91 Å². The number of amides is 1. The minimum absolute atomic E-state index is 0.0612. The third kappa shape index (κ3) is 5.64. The summed E-state index contributed by atoms with van der Waals surface area (Å²) in [4.78, 5) is 16.1. The van der Waals surface area contributed by atoms with Gasteiger partial charge in [0.15, 0.2) is 0 Å². The average molecular weight is 187 g/mol. The van der Waals surface area contributed by atoms with E-state index in [1.165, 1.54) is 25.0 Å². The normalized spacial score (nSPS) is 12.6. The van der Waals surface area contributed by atoms with Gasteiger partial charge in [0.05, 0.1) is 7.11 Å². The fourth-order valence-corrected chi connectivity index (χ4v) is 1.18. The highest BCUT2D eigenvalue weighted by Crippen LogP contribution is 2.12. The predicted octanol–water partition coefficient (Wildman–Crippen LogP) is 2.22. The maximum Gasteiger partial charge on any atom is 0.246 e. The zero-order valence-electron chi connectivity index (χ0n) is 9.17. The second-order valence-corrected chi connectivity index (χ2v) is 3.53. The number of carbonyl (C=O) groups excluding carboxylic acids is 1. The lowest BCUT2D eigenvalue weighted by Gasteiger charge is -2.16. The molecule has 0 rings (SSSR count). The summed E-state index contributed by atoms with van der Waals surface area (Å²) >= 11 is 0. The summed E-state index contributed by atoms with van der Waals surface area (Å²) in [5, 5.41) is 1.29. The Morgan fingerprint density at radius 2 is 2.15 bits per heavy atom. The predicted molar refractivity (Wildman–Crippen MR) is 53.1 cm³/mol. The van der Waals surface area contributed by atoms with E-state index in [9.17, 15) is 4.79 Å². The number of hydrogen-bond acceptors (Lipinski definition) is 2. The van der Waals surface area contributed by atoms with Gasteiger partial charge in [0.25, 0.3) is 0 Å². The lowest BCUT2D eigenvalue weighted by Crippen LogP contribution is -2.26. The molecule has 0 spiro atoms. The first kappa shape index (κ1) is 12.4. The fourth-order valence-electron chi connectivity index (χ4n) is 1.18. The van der Waals surface area contributed by atoms with Crippen LogP contribution < -0.4 is 0 Å². The Morgan fingerprint density at radius 1 is 1.54 bits per heavy atom. The Bertz CT molecular complexity index is 148. The molecular formula is C10H21NO2. The Balaban J connectivity index is 3.64. The van der Waals surface area contributed by atoms with Crippen LogP contribution in [0.3, 0.4) is 0 Å². The van der Waals surface area contributed by atoms with E-state index in [4.69, 9.17) is 4.84 Å². The molecule has 0 aliphatic rings. The smallest absolute Gasteiger partial charge is 0.246 e. The number of unbranched alkanes of at least 4 members (excludes halogenated alkanes) is 1. The third-order valence-electron chi connectivity index (χ3n) is 2.20. The highest BCUT2D eigenvalue weighted by molar-refractivity contribution is 5.74. The Labute approximate surface area is 81.0 Å². The molecule has 1 amide bonds. The van der Waals surface area contributed by atoms with Gasteiger partial charge in [-0.2, -0.15) is 0 Å². The van der Waals surface area contributed by atoms with Gasteiger partial charge in [0.1, 0.15) is 0 Å². The van der Waals surface area contributed by atoms with Crippen molar-refractivity contribution in [1.82, 2.24) is 5.06 Å². The van der Waals surface area contributed by atoms with Crippen LogP contribution >= 0.6 is 0 Å². The minimum Gasteiger partial charge on any atom is -0.275 e. The zero-order valence-corrected chi connectivity index (χ0v) is 9.17. The van der Waals surface area contributed by atoms with Crippen molar-refractivity contribution in [3.8, 4) is 0 Å². The van der Waals surface area contributed by atoms with E-state index >= 15 is 0 Å². The van der Waals surface area contributed by atoms with Crippen LogP contribution in [0, 0.1) is 5.92 Å². The first-order chi connectivity index (χ1) is 6.11. The van der Waals surface area contributed by atoms with Crippen molar-refractivity contribution in [2.75, 3.05) is 14.2 Å². The molecule has 0 fully saturated rings. The molecule has 0 aromatic heterocycles. The number of hydroxylamine groups is 2. The van der Waals surface area contributed by atoms with Gasteiger partial charge in [-0.1, -0.05) is 33.1 Å². The summed E-state index contributed by atoms with van der Waals surface area (Å²) in [6, 6.07) is 0. The number of rotatable bonds is 6. The number of hydrogen-bond donors (Lipinski definition) is 0. The number of nitrogens with zero attached hydrogens (tertiary/aromatic N) is 1. The molecule has 0 bridgehead atoms. The third-order valence-corrected chi connectivity index (χ3v) is 2.20. The van der Waals surface area contributed by atoms with Gasteiger partial charge in [0, 0.05) is 13.5 Å². The average Bonchev–Trinajstić information content (AvgIpc) is 2.13. The lowest BCUT2D eigenvalue weighted by molar-refractivity contribution is -0.169. The number of carbonyl (C=O) groups is 1. The quantitative estimate of drug-likeness (QED) is 0.597. The Morgan fingerprint density at radius 3 is 2.62 bits per heavy atom. The molecule has 0 aliphatic heterocycles. The van der Waals surface area contributed by atoms with Crippen LogP contribution in [0.4, 0.5) is 0 Å². The SMILES string of the molecule is CCCC[C@@H](C)CC(=O)N(C)OC. The van der Waals surface area contributed by atoms with Crippen molar-refractivity contribution in [2.24, 2.45) is 5.92 Å². The first-order valence-corrected chi connectivity index (χ1v) is 4.92. The van der Waals surface area contributed by atoms with Crippen molar-refractivity contribution in [2.45, 2.75) is 39.5 Å². The summed E-state index contributed by atoms with van der Waals surface area (Å²) in [6.07, 6.45) is 4.11. The Hall–Kier alpha value is -0.570. The maximum atomic E-state index is 11.3. The molecule has 1 atom stereocenters. The Kier molecular flexibility index (Phi) is 6.59. The molecule has 13 heavy (non-hydrogen) atoms. The van der Waals surface area contributed by atoms with Gasteiger partial charge >= 0.3 is 0 Å². The molecule has 0 unspecified atom stereocenters. The van der Waals surface area contributed by atoms with Crippen LogP contribution in [0.15, 0.2) is 0 Å². The van der Waals surface area contributed by atoms with Gasteiger partial charge < -0.3 is 0 Å². The van der Waals surface area contributed by atoms with Crippen molar-refractivity contribution in [3.63, 3.8) is 0 Å². The summed E-state index contributed by atoms with van der Waals surface area (Å²) in [5.41, 5.74) is 0. The second-order valence-electron chi connectivity index (χ2n) is 3.53. The minimum atomic E-state index is 0.0612. The summed E-state index contributed by atoms with van der Waals surface area (Å²) < 4.78 is 0. The summed E-state index contributed by atoms with van der Waals surface area (Å²) in [6.45, 7) is 4.27. The van der Waals surface area contributed by atoms with Crippen LogP contribution in [-0.2, 0) is 9.63 Å². The van der Waals surface area contributed by atoms with E-state index in [1.807, 2.05) is 0 Å². The molecule has 0 saturated heterocycles. The van der Waals surface area contributed by atoms with Crippen LogP contribution in [-0.4, -0.2) is 25.1 Å². The van der Waals surface area contributed by atoms with E-state index in [0.717, 1.165) is 6.42 Å². The van der Waals surface area contributed by atoms with E-state index in [2.05, 4.69) is 13.8 Å². The summed E-state index contributed by atoms with van der Waals surface area (Å²) in [5.74, 6) is 0.524. The first-order valence-electron chi connectivity index (χ1n) is 4.92. The van der Waals surface area contributed by atoms with Crippen molar-refractivity contribution in [1.29, 1.82) is 0 Å². The molecule has 3 nitrogen and oxygen atoms in total. The van der Waals surface area contributed by atoms with Gasteiger partial charge in [-0.3, -0.25) is 9.63 Å². The molecule has 0 heterocycles. The molecule has 0 aromatic carbocycles. The van der Waals surface area contributed by atoms with Gasteiger partial charge in [-0.25, -0.2) is 5.06 Å². The molecule has 0 saturated carbocycles. The largest absolute Gasteiger partial charge is 0.275 e. The molecule has 0 aliphatic carbocycles. The zero-order chi connectivity index (χ0) is 10.3. The summed E-state index contributed by atoms with van der Waals surface area (Å²) in [7, 11) is 3.16. The van der Waals surface area contributed by atoms with E-state index in [1.54, 1.807) is 7.05 Å². The fraction of sp³-hybridized carbons (Fsp3) is 0.900. The van der Waals surface area contributed by atoms with E-state index < -0.39 is 0 Å². The molecule has 0 N–H and O–H groups in total. The topological polar surface area (TPSA) is 29.5 Å². The standard InChI is InChI=1S/C10H21NO2/c1-5-6-7-9(2)8-10(12)11(3)13-4/h9H,5-8H2,1-4H3/t9-/m1/s1. The van der Waals surface area contributed by atoms with Crippen molar-refractivity contribution < 1.29 is 9.63 Å². The van der Waals surface area contributed by atoms with Crippen LogP contribution in [0.5, 0.6) is 0 Å². The van der Waals surface area contributed by atoms with Crippen molar-refractivity contribution in [3.05, 3.63) is 0 Å².